The average Bonchev–Trinajstić information content (AvgIpc) is 2.80. The zero-order valence-electron chi connectivity index (χ0n) is 11.8. The van der Waals surface area contributed by atoms with Gasteiger partial charge < -0.3 is 9.84 Å². The van der Waals surface area contributed by atoms with Crippen LogP contribution in [0.4, 0.5) is 0 Å². The van der Waals surface area contributed by atoms with Gasteiger partial charge in [-0.3, -0.25) is 15.0 Å². The molecule has 0 radical (unpaired) electrons. The number of amides is 2. The molecule has 0 saturated carbocycles. The molecule has 0 spiro atoms. The molecule has 0 unspecified atom stereocenters. The Bertz CT molecular complexity index is 727. The predicted octanol–water partition coefficient (Wildman–Crippen LogP) is 1.49. The summed E-state index contributed by atoms with van der Waals surface area (Å²) in [5.74, 6) is -0.297. The molecule has 112 valence electrons. The van der Waals surface area contributed by atoms with Gasteiger partial charge in [-0.1, -0.05) is 18.2 Å². The highest BCUT2D eigenvalue weighted by molar-refractivity contribution is 6.02. The second-order valence-corrected chi connectivity index (χ2v) is 4.81. The normalized spacial score (nSPS) is 16.4. The van der Waals surface area contributed by atoms with Crippen molar-refractivity contribution in [1.29, 1.82) is 0 Å². The summed E-state index contributed by atoms with van der Waals surface area (Å²) in [4.78, 5) is 24.4. The average molecular weight is 298 g/mol. The third-order valence-corrected chi connectivity index (χ3v) is 3.51. The summed E-state index contributed by atoms with van der Waals surface area (Å²) in [6, 6.07) is 13.1. The fraction of sp³-hybridized carbons (Fsp3) is 0.125. The number of aliphatic hydroxyl groups is 1. The van der Waals surface area contributed by atoms with E-state index in [9.17, 15) is 14.7 Å². The van der Waals surface area contributed by atoms with Gasteiger partial charge in [0.25, 0.3) is 11.8 Å². The zero-order valence-corrected chi connectivity index (χ0v) is 11.8. The van der Waals surface area contributed by atoms with E-state index >= 15 is 0 Å². The van der Waals surface area contributed by atoms with Crippen molar-refractivity contribution in [2.75, 3.05) is 7.11 Å². The van der Waals surface area contributed by atoms with Crippen LogP contribution in [0.25, 0.3) is 0 Å². The number of hydrogen-bond donors (Lipinski definition) is 2. The quantitative estimate of drug-likeness (QED) is 0.900. The van der Waals surface area contributed by atoms with E-state index in [0.29, 0.717) is 22.4 Å². The molecule has 6 nitrogen and oxygen atoms in total. The van der Waals surface area contributed by atoms with Gasteiger partial charge in [0.05, 0.1) is 7.11 Å². The van der Waals surface area contributed by atoms with Gasteiger partial charge in [-0.2, -0.15) is 0 Å². The first-order chi connectivity index (χ1) is 10.6. The van der Waals surface area contributed by atoms with Gasteiger partial charge in [-0.25, -0.2) is 5.01 Å². The van der Waals surface area contributed by atoms with E-state index in [4.69, 9.17) is 4.74 Å². The number of rotatable bonds is 3. The second kappa shape index (κ2) is 5.50. The van der Waals surface area contributed by atoms with Crippen LogP contribution in [-0.2, 0) is 0 Å². The lowest BCUT2D eigenvalue weighted by atomic mass is 10.1. The number of methoxy groups -OCH3 is 1. The van der Waals surface area contributed by atoms with Crippen molar-refractivity contribution in [3.8, 4) is 5.75 Å². The molecule has 6 heteroatoms. The number of benzene rings is 2. The molecule has 0 aromatic heterocycles. The Morgan fingerprint density at radius 3 is 2.50 bits per heavy atom. The summed E-state index contributed by atoms with van der Waals surface area (Å²) >= 11 is 0. The van der Waals surface area contributed by atoms with Crippen LogP contribution >= 0.6 is 0 Å². The molecule has 2 aromatic carbocycles. The van der Waals surface area contributed by atoms with Crippen LogP contribution in [0.3, 0.4) is 0 Å². The maximum Gasteiger partial charge on any atom is 0.275 e. The van der Waals surface area contributed by atoms with Crippen LogP contribution in [0.5, 0.6) is 5.75 Å². The van der Waals surface area contributed by atoms with Crippen molar-refractivity contribution in [3.63, 3.8) is 0 Å². The summed E-state index contributed by atoms with van der Waals surface area (Å²) in [6.07, 6.45) is -1.19. The van der Waals surface area contributed by atoms with Crippen molar-refractivity contribution < 1.29 is 19.4 Å². The van der Waals surface area contributed by atoms with E-state index in [0.717, 1.165) is 5.01 Å². The molecule has 1 heterocycles. The minimum absolute atomic E-state index is 0.358. The summed E-state index contributed by atoms with van der Waals surface area (Å²) < 4.78 is 5.02. The number of carbonyl (C=O) groups is 2. The van der Waals surface area contributed by atoms with Gasteiger partial charge in [0.1, 0.15) is 5.75 Å². The smallest absolute Gasteiger partial charge is 0.275 e. The van der Waals surface area contributed by atoms with Crippen molar-refractivity contribution >= 4 is 11.8 Å². The molecule has 22 heavy (non-hydrogen) atoms. The number of aliphatic hydroxyl groups excluding tert-OH is 1. The molecule has 1 aliphatic rings. The number of nitrogens with one attached hydrogen (secondary N) is 1. The Labute approximate surface area is 126 Å². The maximum absolute atomic E-state index is 12.2. The van der Waals surface area contributed by atoms with Crippen LogP contribution < -0.4 is 10.2 Å². The van der Waals surface area contributed by atoms with Gasteiger partial charge in [0.2, 0.25) is 0 Å². The van der Waals surface area contributed by atoms with E-state index in [-0.39, 0.29) is 0 Å². The third-order valence-electron chi connectivity index (χ3n) is 3.51. The molecule has 2 amide bonds. The number of nitrogens with zero attached hydrogens (tertiary/aromatic N) is 1. The van der Waals surface area contributed by atoms with Gasteiger partial charge in [-0.05, 0) is 30.3 Å². The van der Waals surface area contributed by atoms with Gasteiger partial charge >= 0.3 is 0 Å². The summed E-state index contributed by atoms with van der Waals surface area (Å²) in [6.45, 7) is 0. The van der Waals surface area contributed by atoms with Gasteiger partial charge in [-0.15, -0.1) is 0 Å². The summed E-state index contributed by atoms with van der Waals surface area (Å²) in [5, 5.41) is 11.1. The summed E-state index contributed by atoms with van der Waals surface area (Å²) in [7, 11) is 1.53. The lowest BCUT2D eigenvalue weighted by Gasteiger charge is -2.21. The van der Waals surface area contributed by atoms with Crippen LogP contribution in [0.2, 0.25) is 0 Å². The van der Waals surface area contributed by atoms with E-state index in [1.54, 1.807) is 48.5 Å². The standard InChI is InChI=1S/C16H14N2O4/c1-22-11-8-6-10(7-9-11)14(19)17-18-15(20)12-4-2-3-5-13(12)16(18)21/h2-9,15,20H,1H3,(H,17,19)/t15-/m0/s1. The first-order valence-electron chi connectivity index (χ1n) is 6.67. The topological polar surface area (TPSA) is 78.9 Å². The van der Waals surface area contributed by atoms with Crippen molar-refractivity contribution in [2.45, 2.75) is 6.23 Å². The van der Waals surface area contributed by atoms with Gasteiger partial charge in [0.15, 0.2) is 6.23 Å². The highest BCUT2D eigenvalue weighted by Gasteiger charge is 2.36. The monoisotopic (exact) mass is 298 g/mol. The molecule has 0 bridgehead atoms. The zero-order chi connectivity index (χ0) is 15.7. The Morgan fingerprint density at radius 2 is 1.86 bits per heavy atom. The Balaban J connectivity index is 1.79. The minimum atomic E-state index is -1.19. The van der Waals surface area contributed by atoms with Crippen LogP contribution in [0.15, 0.2) is 48.5 Å². The van der Waals surface area contributed by atoms with Gasteiger partial charge in [0, 0.05) is 16.7 Å². The van der Waals surface area contributed by atoms with Crippen molar-refractivity contribution in [1.82, 2.24) is 10.4 Å². The fourth-order valence-corrected chi connectivity index (χ4v) is 2.33. The Hall–Kier alpha value is -2.86. The minimum Gasteiger partial charge on any atom is -0.497 e. The third kappa shape index (κ3) is 2.29. The molecule has 1 atom stereocenters. The molecule has 1 aliphatic heterocycles. The number of fused-ring (bicyclic) bond motifs is 1. The van der Waals surface area contributed by atoms with E-state index in [1.165, 1.54) is 7.11 Å². The Morgan fingerprint density at radius 1 is 1.18 bits per heavy atom. The molecule has 0 aliphatic carbocycles. The molecular weight excluding hydrogens is 284 g/mol. The number of carbonyl (C=O) groups excluding carboxylic acids is 2. The fourth-order valence-electron chi connectivity index (χ4n) is 2.33. The summed E-state index contributed by atoms with van der Waals surface area (Å²) in [5.41, 5.74) is 3.65. The van der Waals surface area contributed by atoms with E-state index < -0.39 is 18.0 Å². The number of hydrogen-bond acceptors (Lipinski definition) is 4. The van der Waals surface area contributed by atoms with Crippen LogP contribution in [-0.4, -0.2) is 29.0 Å². The van der Waals surface area contributed by atoms with Crippen molar-refractivity contribution in [3.05, 3.63) is 65.2 Å². The molecule has 0 saturated heterocycles. The van der Waals surface area contributed by atoms with Crippen molar-refractivity contribution in [2.24, 2.45) is 0 Å². The molecule has 3 rings (SSSR count). The number of hydrazine groups is 1. The molecular formula is C16H14N2O4. The molecule has 2 aromatic rings. The van der Waals surface area contributed by atoms with Crippen LogP contribution in [0.1, 0.15) is 32.5 Å². The number of ether oxygens (including phenoxy) is 1. The first-order valence-corrected chi connectivity index (χ1v) is 6.67. The molecule has 0 fully saturated rings. The lowest BCUT2D eigenvalue weighted by molar-refractivity contribution is -0.00617. The van der Waals surface area contributed by atoms with E-state index in [2.05, 4.69) is 5.43 Å². The van der Waals surface area contributed by atoms with E-state index in [1.807, 2.05) is 0 Å². The largest absolute Gasteiger partial charge is 0.497 e. The van der Waals surface area contributed by atoms with Crippen LogP contribution in [0, 0.1) is 0 Å². The predicted molar refractivity (Wildman–Crippen MR) is 78.0 cm³/mol. The maximum atomic E-state index is 12.2. The Kier molecular flexibility index (Phi) is 3.52. The lowest BCUT2D eigenvalue weighted by Crippen LogP contribution is -2.44. The second-order valence-electron chi connectivity index (χ2n) is 4.81. The SMILES string of the molecule is COc1ccc(C(=O)NN2C(=O)c3ccccc3[C@@H]2O)cc1. The highest BCUT2D eigenvalue weighted by Crippen LogP contribution is 2.29. The first kappa shape index (κ1) is 14.1. The highest BCUT2D eigenvalue weighted by atomic mass is 16.5. The molecule has 2 N–H and O–H groups in total.